The quantitative estimate of drug-likeness (QED) is 0.846. The van der Waals surface area contributed by atoms with Crippen molar-refractivity contribution in [3.63, 3.8) is 0 Å². The van der Waals surface area contributed by atoms with Crippen LogP contribution < -0.4 is 10.2 Å². The lowest BCUT2D eigenvalue weighted by Crippen LogP contribution is -2.51. The van der Waals surface area contributed by atoms with Crippen LogP contribution in [0.5, 0.6) is 5.75 Å². The molecule has 22 heavy (non-hydrogen) atoms. The number of thiocarbonyl (C=S) groups is 1. The van der Waals surface area contributed by atoms with Crippen LogP contribution in [0.2, 0.25) is 0 Å². The molecule has 1 aromatic heterocycles. The number of furan rings is 1. The smallest absolute Gasteiger partial charge is 0.169 e. The molecule has 1 aliphatic heterocycles. The van der Waals surface area contributed by atoms with Gasteiger partial charge >= 0.3 is 0 Å². The van der Waals surface area contributed by atoms with E-state index in [1.165, 1.54) is 0 Å². The van der Waals surface area contributed by atoms with Crippen molar-refractivity contribution in [2.24, 2.45) is 0 Å². The molecule has 2 heterocycles. The van der Waals surface area contributed by atoms with Gasteiger partial charge in [-0.2, -0.15) is 0 Å². The summed E-state index contributed by atoms with van der Waals surface area (Å²) < 4.78 is 5.29. The van der Waals surface area contributed by atoms with Crippen molar-refractivity contribution >= 4 is 23.0 Å². The Morgan fingerprint density at radius 3 is 2.50 bits per heavy atom. The average molecular weight is 317 g/mol. The highest BCUT2D eigenvalue weighted by atomic mass is 32.1. The van der Waals surface area contributed by atoms with Crippen molar-refractivity contribution in [3.8, 4) is 5.75 Å². The topological polar surface area (TPSA) is 51.9 Å². The Bertz CT molecular complexity index is 605. The second kappa shape index (κ2) is 6.70. The zero-order valence-corrected chi connectivity index (χ0v) is 13.1. The maximum Gasteiger partial charge on any atom is 0.169 e. The first-order chi connectivity index (χ1) is 10.7. The monoisotopic (exact) mass is 317 g/mol. The Kier molecular flexibility index (Phi) is 4.48. The highest BCUT2D eigenvalue weighted by Gasteiger charge is 2.19. The fraction of sp³-hybridized carbons (Fsp3) is 0.312. The number of aromatic hydroxyl groups is 1. The lowest BCUT2D eigenvalue weighted by Gasteiger charge is -2.37. The number of piperazine rings is 1. The fourth-order valence-electron chi connectivity index (χ4n) is 2.52. The standard InChI is InChI=1S/C16H19N3O2S/c20-14-5-3-13(4-6-14)18-7-9-19(10-8-18)16(22)17-12-15-2-1-11-21-15/h1-6,11,20H,7-10,12H2,(H,17,22). The minimum absolute atomic E-state index is 0.297. The van der Waals surface area contributed by atoms with Crippen molar-refractivity contribution in [2.75, 3.05) is 31.1 Å². The Labute approximate surface area is 135 Å². The van der Waals surface area contributed by atoms with Gasteiger partial charge in [-0.1, -0.05) is 0 Å². The number of benzene rings is 1. The van der Waals surface area contributed by atoms with E-state index in [-0.39, 0.29) is 0 Å². The molecule has 0 amide bonds. The number of nitrogens with one attached hydrogen (secondary N) is 1. The fourth-order valence-corrected chi connectivity index (χ4v) is 2.77. The Morgan fingerprint density at radius 1 is 1.14 bits per heavy atom. The predicted molar refractivity (Wildman–Crippen MR) is 90.0 cm³/mol. The van der Waals surface area contributed by atoms with Crippen LogP contribution in [0, 0.1) is 0 Å². The summed E-state index contributed by atoms with van der Waals surface area (Å²) in [4.78, 5) is 4.47. The average Bonchev–Trinajstić information content (AvgIpc) is 3.07. The Morgan fingerprint density at radius 2 is 1.86 bits per heavy atom. The Balaban J connectivity index is 1.48. The predicted octanol–water partition coefficient (Wildman–Crippen LogP) is 2.18. The zero-order valence-electron chi connectivity index (χ0n) is 12.2. The molecule has 1 aromatic carbocycles. The summed E-state index contributed by atoms with van der Waals surface area (Å²) in [5.41, 5.74) is 1.13. The number of rotatable bonds is 3. The van der Waals surface area contributed by atoms with Gasteiger partial charge in [-0.25, -0.2) is 0 Å². The third-order valence-corrected chi connectivity index (χ3v) is 4.18. The summed E-state index contributed by atoms with van der Waals surface area (Å²) in [7, 11) is 0. The van der Waals surface area contributed by atoms with E-state index in [1.54, 1.807) is 18.4 Å². The molecule has 6 heteroatoms. The van der Waals surface area contributed by atoms with Crippen LogP contribution in [0.15, 0.2) is 47.1 Å². The maximum absolute atomic E-state index is 9.35. The summed E-state index contributed by atoms with van der Waals surface area (Å²) in [6.45, 7) is 4.19. The molecule has 1 saturated heterocycles. The van der Waals surface area contributed by atoms with Gasteiger partial charge in [-0.15, -0.1) is 0 Å². The van der Waals surface area contributed by atoms with Crippen LogP contribution in [0.1, 0.15) is 5.76 Å². The first kappa shape index (κ1) is 14.7. The van der Waals surface area contributed by atoms with Gasteiger partial charge in [0.1, 0.15) is 11.5 Å². The van der Waals surface area contributed by atoms with Gasteiger partial charge in [0, 0.05) is 31.9 Å². The minimum atomic E-state index is 0.297. The third-order valence-electron chi connectivity index (χ3n) is 3.78. The molecule has 5 nitrogen and oxygen atoms in total. The lowest BCUT2D eigenvalue weighted by molar-refractivity contribution is 0.377. The molecule has 0 unspecified atom stereocenters. The largest absolute Gasteiger partial charge is 0.508 e. The Hall–Kier alpha value is -2.21. The number of anilines is 1. The van der Waals surface area contributed by atoms with Gasteiger partial charge in [-0.3, -0.25) is 0 Å². The molecule has 0 bridgehead atoms. The van der Waals surface area contributed by atoms with Crippen molar-refractivity contribution < 1.29 is 9.52 Å². The molecule has 0 saturated carbocycles. The zero-order chi connectivity index (χ0) is 15.4. The normalized spacial score (nSPS) is 14.9. The second-order valence-electron chi connectivity index (χ2n) is 5.23. The van der Waals surface area contributed by atoms with Crippen molar-refractivity contribution in [1.29, 1.82) is 0 Å². The van der Waals surface area contributed by atoms with E-state index in [0.29, 0.717) is 12.3 Å². The summed E-state index contributed by atoms with van der Waals surface area (Å²) in [5, 5.41) is 13.3. The van der Waals surface area contributed by atoms with E-state index in [2.05, 4.69) is 15.1 Å². The van der Waals surface area contributed by atoms with Crippen LogP contribution in [-0.4, -0.2) is 41.3 Å². The third kappa shape index (κ3) is 3.51. The van der Waals surface area contributed by atoms with Gasteiger partial charge in [0.25, 0.3) is 0 Å². The van der Waals surface area contributed by atoms with Crippen LogP contribution >= 0.6 is 12.2 Å². The van der Waals surface area contributed by atoms with Gasteiger partial charge in [0.15, 0.2) is 5.11 Å². The molecule has 0 aliphatic carbocycles. The molecule has 0 radical (unpaired) electrons. The summed E-state index contributed by atoms with van der Waals surface area (Å²) in [6.07, 6.45) is 1.66. The highest BCUT2D eigenvalue weighted by molar-refractivity contribution is 7.80. The number of phenolic OH excluding ortho intramolecular Hbond substituents is 1. The minimum Gasteiger partial charge on any atom is -0.508 e. The van der Waals surface area contributed by atoms with Gasteiger partial charge in [0.2, 0.25) is 0 Å². The molecule has 2 aromatic rings. The van der Waals surface area contributed by atoms with E-state index < -0.39 is 0 Å². The van der Waals surface area contributed by atoms with E-state index >= 15 is 0 Å². The molecular weight excluding hydrogens is 298 g/mol. The van der Waals surface area contributed by atoms with Gasteiger partial charge < -0.3 is 24.6 Å². The number of hydrogen-bond acceptors (Lipinski definition) is 4. The molecule has 116 valence electrons. The van der Waals surface area contributed by atoms with Crippen LogP contribution in [-0.2, 0) is 6.54 Å². The highest BCUT2D eigenvalue weighted by Crippen LogP contribution is 2.19. The van der Waals surface area contributed by atoms with Crippen LogP contribution in [0.4, 0.5) is 5.69 Å². The lowest BCUT2D eigenvalue weighted by atomic mass is 10.2. The van der Waals surface area contributed by atoms with Crippen LogP contribution in [0.25, 0.3) is 0 Å². The molecular formula is C16H19N3O2S. The molecule has 2 N–H and O–H groups in total. The summed E-state index contributed by atoms with van der Waals surface area (Å²) in [6, 6.07) is 11.1. The summed E-state index contributed by atoms with van der Waals surface area (Å²) in [5.74, 6) is 1.18. The van der Waals surface area contributed by atoms with E-state index in [9.17, 15) is 5.11 Å². The van der Waals surface area contributed by atoms with Gasteiger partial charge in [0.05, 0.1) is 12.8 Å². The second-order valence-corrected chi connectivity index (χ2v) is 5.62. The van der Waals surface area contributed by atoms with Gasteiger partial charge in [-0.05, 0) is 48.6 Å². The first-order valence-corrected chi connectivity index (χ1v) is 7.72. The van der Waals surface area contributed by atoms with Crippen molar-refractivity contribution in [1.82, 2.24) is 10.2 Å². The van der Waals surface area contributed by atoms with E-state index in [4.69, 9.17) is 16.6 Å². The summed E-state index contributed by atoms with van der Waals surface area (Å²) >= 11 is 5.44. The van der Waals surface area contributed by atoms with E-state index in [0.717, 1.165) is 42.7 Å². The van der Waals surface area contributed by atoms with Crippen molar-refractivity contribution in [2.45, 2.75) is 6.54 Å². The number of hydrogen-bond donors (Lipinski definition) is 2. The molecule has 0 atom stereocenters. The van der Waals surface area contributed by atoms with E-state index in [1.807, 2.05) is 24.3 Å². The number of phenols is 1. The molecule has 0 spiro atoms. The molecule has 3 rings (SSSR count). The van der Waals surface area contributed by atoms with Crippen molar-refractivity contribution in [3.05, 3.63) is 48.4 Å². The maximum atomic E-state index is 9.35. The molecule has 1 aliphatic rings. The molecule has 1 fully saturated rings. The first-order valence-electron chi connectivity index (χ1n) is 7.31. The number of nitrogens with zero attached hydrogens (tertiary/aromatic N) is 2. The SMILES string of the molecule is Oc1ccc(N2CCN(C(=S)NCc3ccco3)CC2)cc1. The van der Waals surface area contributed by atoms with Crippen LogP contribution in [0.3, 0.4) is 0 Å².